The van der Waals surface area contributed by atoms with E-state index in [1.807, 2.05) is 44.9 Å². The maximum Gasteiger partial charge on any atom is 0.573 e. The molecule has 0 spiro atoms. The molecule has 4 nitrogen and oxygen atoms in total. The number of nitrogens with one attached hydrogen (secondary N) is 1. The van der Waals surface area contributed by atoms with E-state index in [0.717, 1.165) is 29.0 Å². The number of benzene rings is 2. The van der Waals surface area contributed by atoms with Gasteiger partial charge < -0.3 is 15.0 Å². The molecule has 140 valence electrons. The third-order valence-electron chi connectivity index (χ3n) is 3.80. The summed E-state index contributed by atoms with van der Waals surface area (Å²) in [5.74, 6) is -0.249. The van der Waals surface area contributed by atoms with Crippen LogP contribution in [0.1, 0.15) is 18.1 Å². The SMILES string of the molecule is CCN(C)/C=N\c1cc(C)c(Nc2ccc(OC(F)(F)F)cc2)cc1C. The first-order chi connectivity index (χ1) is 12.2. The highest BCUT2D eigenvalue weighted by atomic mass is 19.4. The van der Waals surface area contributed by atoms with Gasteiger partial charge in [0.2, 0.25) is 0 Å². The van der Waals surface area contributed by atoms with Gasteiger partial charge in [-0.15, -0.1) is 13.2 Å². The van der Waals surface area contributed by atoms with Crippen molar-refractivity contribution in [2.24, 2.45) is 4.99 Å². The summed E-state index contributed by atoms with van der Waals surface area (Å²) in [6, 6.07) is 9.57. The molecule has 2 aromatic rings. The van der Waals surface area contributed by atoms with Crippen LogP contribution in [0.15, 0.2) is 41.4 Å². The number of anilines is 2. The molecule has 0 saturated carbocycles. The lowest BCUT2D eigenvalue weighted by molar-refractivity contribution is -0.274. The number of rotatable bonds is 6. The second-order valence-corrected chi connectivity index (χ2v) is 5.97. The minimum absolute atomic E-state index is 0.249. The zero-order valence-corrected chi connectivity index (χ0v) is 15.2. The lowest BCUT2D eigenvalue weighted by Gasteiger charge is -2.14. The Kier molecular flexibility index (Phi) is 6.13. The molecule has 0 fully saturated rings. The first-order valence-corrected chi connectivity index (χ1v) is 8.16. The monoisotopic (exact) mass is 365 g/mol. The fourth-order valence-corrected chi connectivity index (χ4v) is 2.21. The molecular weight excluding hydrogens is 343 g/mol. The first kappa shape index (κ1) is 19.6. The Labute approximate surface area is 151 Å². The third-order valence-corrected chi connectivity index (χ3v) is 3.80. The van der Waals surface area contributed by atoms with Crippen LogP contribution >= 0.6 is 0 Å². The summed E-state index contributed by atoms with van der Waals surface area (Å²) in [5, 5.41) is 3.21. The molecule has 0 amide bonds. The first-order valence-electron chi connectivity index (χ1n) is 8.16. The summed E-state index contributed by atoms with van der Waals surface area (Å²) in [6.45, 7) is 6.83. The lowest BCUT2D eigenvalue weighted by Crippen LogP contribution is -2.16. The van der Waals surface area contributed by atoms with Crippen molar-refractivity contribution in [1.82, 2.24) is 4.90 Å². The number of hydrogen-bond acceptors (Lipinski definition) is 3. The van der Waals surface area contributed by atoms with Crippen LogP contribution in [0.25, 0.3) is 0 Å². The fraction of sp³-hybridized carbons (Fsp3) is 0.316. The van der Waals surface area contributed by atoms with E-state index < -0.39 is 6.36 Å². The highest BCUT2D eigenvalue weighted by Gasteiger charge is 2.30. The van der Waals surface area contributed by atoms with Gasteiger partial charge in [-0.1, -0.05) is 0 Å². The summed E-state index contributed by atoms with van der Waals surface area (Å²) in [4.78, 5) is 6.46. The molecule has 0 heterocycles. The number of aryl methyl sites for hydroxylation is 2. The van der Waals surface area contributed by atoms with E-state index in [1.54, 1.807) is 6.34 Å². The predicted octanol–water partition coefficient (Wildman–Crippen LogP) is 5.56. The van der Waals surface area contributed by atoms with Gasteiger partial charge in [-0.25, -0.2) is 4.99 Å². The van der Waals surface area contributed by atoms with Gasteiger partial charge in [0.25, 0.3) is 0 Å². The van der Waals surface area contributed by atoms with Gasteiger partial charge in [0.1, 0.15) is 5.75 Å². The van der Waals surface area contributed by atoms with Crippen LogP contribution in [-0.4, -0.2) is 31.2 Å². The van der Waals surface area contributed by atoms with Crippen LogP contribution in [0.3, 0.4) is 0 Å². The molecule has 7 heteroatoms. The largest absolute Gasteiger partial charge is 0.573 e. The molecule has 0 unspecified atom stereocenters. The van der Waals surface area contributed by atoms with Crippen LogP contribution in [0.2, 0.25) is 0 Å². The normalized spacial score (nSPS) is 11.7. The zero-order chi connectivity index (χ0) is 19.3. The molecular formula is C19H22F3N3O. The number of nitrogens with zero attached hydrogens (tertiary/aromatic N) is 2. The Morgan fingerprint density at radius 1 is 1.12 bits per heavy atom. The quantitative estimate of drug-likeness (QED) is 0.538. The van der Waals surface area contributed by atoms with Gasteiger partial charge in [0.15, 0.2) is 0 Å². The van der Waals surface area contributed by atoms with Crippen molar-refractivity contribution in [3.63, 3.8) is 0 Å². The van der Waals surface area contributed by atoms with Crippen molar-refractivity contribution in [3.05, 3.63) is 47.5 Å². The maximum absolute atomic E-state index is 12.2. The maximum atomic E-state index is 12.2. The highest BCUT2D eigenvalue weighted by molar-refractivity contribution is 5.70. The van der Waals surface area contributed by atoms with E-state index in [4.69, 9.17) is 0 Å². The van der Waals surface area contributed by atoms with Crippen molar-refractivity contribution in [2.45, 2.75) is 27.1 Å². The van der Waals surface area contributed by atoms with E-state index in [2.05, 4.69) is 15.0 Å². The van der Waals surface area contributed by atoms with E-state index in [9.17, 15) is 13.2 Å². The van der Waals surface area contributed by atoms with E-state index in [-0.39, 0.29) is 5.75 Å². The molecule has 0 bridgehead atoms. The van der Waals surface area contributed by atoms with E-state index in [0.29, 0.717) is 5.69 Å². The Bertz CT molecular complexity index is 771. The Morgan fingerprint density at radius 3 is 2.35 bits per heavy atom. The number of alkyl halides is 3. The molecule has 2 rings (SSSR count). The predicted molar refractivity (Wildman–Crippen MR) is 98.8 cm³/mol. The number of halogens is 3. The molecule has 0 radical (unpaired) electrons. The second-order valence-electron chi connectivity index (χ2n) is 5.97. The number of aliphatic imine (C=N–C) groups is 1. The molecule has 1 N–H and O–H groups in total. The summed E-state index contributed by atoms with van der Waals surface area (Å²) >= 11 is 0. The Hall–Kier alpha value is -2.70. The lowest BCUT2D eigenvalue weighted by atomic mass is 10.1. The highest BCUT2D eigenvalue weighted by Crippen LogP contribution is 2.30. The van der Waals surface area contributed by atoms with E-state index in [1.165, 1.54) is 24.3 Å². The molecule has 0 saturated heterocycles. The minimum atomic E-state index is -4.69. The van der Waals surface area contributed by atoms with E-state index >= 15 is 0 Å². The standard InChI is InChI=1S/C19H22F3N3O/c1-5-25(4)12-23-17-10-14(3)18(11-13(17)2)24-15-6-8-16(9-7-15)26-19(20,21)22/h6-12,24H,5H2,1-4H3/b23-12-. The van der Waals surface area contributed by atoms with Gasteiger partial charge in [-0.2, -0.15) is 0 Å². The summed E-state index contributed by atoms with van der Waals surface area (Å²) < 4.78 is 40.5. The minimum Gasteiger partial charge on any atom is -0.406 e. The van der Waals surface area contributed by atoms with Crippen LogP contribution in [-0.2, 0) is 0 Å². The van der Waals surface area contributed by atoms with Gasteiger partial charge >= 0.3 is 6.36 Å². The van der Waals surface area contributed by atoms with Crippen molar-refractivity contribution in [1.29, 1.82) is 0 Å². The van der Waals surface area contributed by atoms with Crippen molar-refractivity contribution >= 4 is 23.4 Å². The fourth-order valence-electron chi connectivity index (χ4n) is 2.21. The number of hydrogen-bond donors (Lipinski definition) is 1. The van der Waals surface area contributed by atoms with Crippen molar-refractivity contribution < 1.29 is 17.9 Å². The molecule has 2 aromatic carbocycles. The number of ether oxygens (including phenoxy) is 1. The van der Waals surface area contributed by atoms with Crippen molar-refractivity contribution in [2.75, 3.05) is 18.9 Å². The van der Waals surface area contributed by atoms with Crippen LogP contribution < -0.4 is 10.1 Å². The molecule has 0 aliphatic carbocycles. The Balaban J connectivity index is 2.14. The van der Waals surface area contributed by atoms with Gasteiger partial charge in [-0.3, -0.25) is 0 Å². The topological polar surface area (TPSA) is 36.9 Å². The average Bonchev–Trinajstić information content (AvgIpc) is 2.56. The van der Waals surface area contributed by atoms with Crippen molar-refractivity contribution in [3.8, 4) is 5.75 Å². The van der Waals surface area contributed by atoms with Gasteiger partial charge in [0.05, 0.1) is 12.0 Å². The molecule has 26 heavy (non-hydrogen) atoms. The third kappa shape index (κ3) is 5.68. The molecule has 0 aromatic heterocycles. The summed E-state index contributed by atoms with van der Waals surface area (Å²) in [6.07, 6.45) is -2.90. The summed E-state index contributed by atoms with van der Waals surface area (Å²) in [7, 11) is 1.95. The smallest absolute Gasteiger partial charge is 0.406 e. The van der Waals surface area contributed by atoms with Gasteiger partial charge in [0, 0.05) is 25.0 Å². The van der Waals surface area contributed by atoms with Crippen LogP contribution in [0, 0.1) is 13.8 Å². The average molecular weight is 365 g/mol. The second kappa shape index (κ2) is 8.12. The molecule has 0 atom stereocenters. The van der Waals surface area contributed by atoms with Crippen LogP contribution in [0.5, 0.6) is 5.75 Å². The molecule has 0 aliphatic rings. The molecule has 0 aliphatic heterocycles. The zero-order valence-electron chi connectivity index (χ0n) is 15.2. The van der Waals surface area contributed by atoms with Crippen LogP contribution in [0.4, 0.5) is 30.2 Å². The Morgan fingerprint density at radius 2 is 1.77 bits per heavy atom. The summed E-state index contributed by atoms with van der Waals surface area (Å²) in [5.41, 5.74) is 4.40. The van der Waals surface area contributed by atoms with Gasteiger partial charge in [-0.05, 0) is 68.3 Å².